The van der Waals surface area contributed by atoms with Crippen LogP contribution in [0.25, 0.3) is 33.5 Å². The monoisotopic (exact) mass is 716 g/mol. The minimum Gasteiger partial charge on any atom is -0.497 e. The number of para-hydroxylation sites is 1. The number of benzene rings is 5. The predicted molar refractivity (Wildman–Crippen MR) is 197 cm³/mol. The Kier molecular flexibility index (Phi) is 9.57. The normalized spacial score (nSPS) is 11.6. The Hall–Kier alpha value is -6.25. The zero-order valence-electron chi connectivity index (χ0n) is 28.7. The van der Waals surface area contributed by atoms with E-state index < -0.39 is 10.0 Å². The van der Waals surface area contributed by atoms with E-state index in [1.807, 2.05) is 72.8 Å². The highest BCUT2D eigenvalue weighted by Gasteiger charge is 2.32. The fourth-order valence-electron chi connectivity index (χ4n) is 6.01. The Labute approximate surface area is 300 Å². The number of tetrazole rings is 1. The Balaban J connectivity index is 1.38. The number of nitrogens with two attached hydrogens (primary N) is 1. The molecule has 0 bridgehead atoms. The molecule has 0 radical (unpaired) electrons. The van der Waals surface area contributed by atoms with E-state index in [4.69, 9.17) is 25.0 Å². The number of H-pyrrole nitrogens is 1. The van der Waals surface area contributed by atoms with Gasteiger partial charge in [-0.05, 0) is 76.0 Å². The average Bonchev–Trinajstić information content (AvgIpc) is 3.80. The lowest BCUT2D eigenvalue weighted by molar-refractivity contribution is 0.398. The van der Waals surface area contributed by atoms with Gasteiger partial charge in [-0.15, -0.1) is 10.2 Å². The van der Waals surface area contributed by atoms with Crippen molar-refractivity contribution >= 4 is 27.0 Å². The van der Waals surface area contributed by atoms with E-state index >= 15 is 8.42 Å². The van der Waals surface area contributed by atoms with Crippen molar-refractivity contribution in [2.75, 3.05) is 27.1 Å². The molecule has 7 rings (SSSR count). The lowest BCUT2D eigenvalue weighted by Crippen LogP contribution is -2.31. The zero-order chi connectivity index (χ0) is 36.2. The number of aromatic nitrogens is 6. The van der Waals surface area contributed by atoms with Gasteiger partial charge in [0.25, 0.3) is 0 Å². The van der Waals surface area contributed by atoms with E-state index in [-0.39, 0.29) is 35.3 Å². The lowest BCUT2D eigenvalue weighted by atomic mass is 9.98. The first-order valence-electron chi connectivity index (χ1n) is 16.3. The smallest absolute Gasteiger partial charge is 0.244 e. The number of nitrogens with one attached hydrogen (secondary N) is 1. The highest BCUT2D eigenvalue weighted by molar-refractivity contribution is 7.89. The number of aromatic amines is 1. The van der Waals surface area contributed by atoms with Gasteiger partial charge in [-0.3, -0.25) is 0 Å². The van der Waals surface area contributed by atoms with Gasteiger partial charge in [-0.1, -0.05) is 60.7 Å². The van der Waals surface area contributed by atoms with Crippen molar-refractivity contribution in [1.82, 2.24) is 34.5 Å². The lowest BCUT2D eigenvalue weighted by Gasteiger charge is -2.24. The van der Waals surface area contributed by atoms with Crippen LogP contribution in [0.1, 0.15) is 16.7 Å². The molecule has 7 aromatic rings. The quantitative estimate of drug-likeness (QED) is 0.146. The maximum Gasteiger partial charge on any atom is 0.244 e. The first kappa shape index (κ1) is 34.2. The molecule has 0 unspecified atom stereocenters. The van der Waals surface area contributed by atoms with Crippen molar-refractivity contribution in [2.45, 2.75) is 24.5 Å². The molecule has 0 amide bonds. The molecule has 14 heteroatoms. The van der Waals surface area contributed by atoms with Crippen molar-refractivity contribution in [1.29, 1.82) is 0 Å². The van der Waals surface area contributed by atoms with E-state index in [0.29, 0.717) is 40.2 Å². The SMILES string of the molecule is COc1ccc(CN(Cc2ccc(OC)cc2)S(=O)(=O)c2cccc(-c3cccc4[nH]c(N)nc34)c2-c2nnn(Cc3ccc(OC)cc3)n2)cc1. The summed E-state index contributed by atoms with van der Waals surface area (Å²) in [6.45, 7) is 0.448. The molecule has 2 aromatic heterocycles. The van der Waals surface area contributed by atoms with E-state index in [9.17, 15) is 0 Å². The number of sulfonamides is 1. The largest absolute Gasteiger partial charge is 0.497 e. The topological polar surface area (TPSA) is 163 Å². The summed E-state index contributed by atoms with van der Waals surface area (Å²) in [6.07, 6.45) is 0. The van der Waals surface area contributed by atoms with Crippen molar-refractivity contribution in [2.24, 2.45) is 0 Å². The fraction of sp³-hybridized carbons (Fsp3) is 0.158. The number of rotatable bonds is 13. The molecule has 5 aromatic carbocycles. The summed E-state index contributed by atoms with van der Waals surface area (Å²) in [7, 11) is 0.524. The van der Waals surface area contributed by atoms with Gasteiger partial charge in [0.15, 0.2) is 5.95 Å². The summed E-state index contributed by atoms with van der Waals surface area (Å²) in [5.74, 6) is 2.43. The molecule has 264 valence electrons. The van der Waals surface area contributed by atoms with Crippen LogP contribution >= 0.6 is 0 Å². The van der Waals surface area contributed by atoms with E-state index in [2.05, 4.69) is 20.3 Å². The van der Waals surface area contributed by atoms with E-state index in [0.717, 1.165) is 22.4 Å². The maximum absolute atomic E-state index is 15.1. The number of fused-ring (bicyclic) bond motifs is 1. The minimum absolute atomic E-state index is 0.0107. The van der Waals surface area contributed by atoms with Crippen LogP contribution in [-0.2, 0) is 29.7 Å². The summed E-state index contributed by atoms with van der Waals surface area (Å²) >= 11 is 0. The molecule has 0 aliphatic carbocycles. The first-order chi connectivity index (χ1) is 25.2. The molecule has 3 N–H and O–H groups in total. The number of ether oxygens (including phenoxy) is 3. The molecule has 0 fully saturated rings. The Morgan fingerprint density at radius 2 is 1.25 bits per heavy atom. The van der Waals surface area contributed by atoms with Crippen LogP contribution in [0.4, 0.5) is 5.95 Å². The fourth-order valence-corrected chi connectivity index (χ4v) is 7.63. The van der Waals surface area contributed by atoms with Crippen LogP contribution in [0.15, 0.2) is 114 Å². The van der Waals surface area contributed by atoms with Gasteiger partial charge in [0.2, 0.25) is 15.8 Å². The van der Waals surface area contributed by atoms with Crippen molar-refractivity contribution < 1.29 is 22.6 Å². The van der Waals surface area contributed by atoms with Gasteiger partial charge in [0, 0.05) is 18.7 Å². The van der Waals surface area contributed by atoms with Crippen LogP contribution in [0, 0.1) is 0 Å². The van der Waals surface area contributed by atoms with Gasteiger partial charge in [-0.25, -0.2) is 13.4 Å². The predicted octanol–water partition coefficient (Wildman–Crippen LogP) is 5.93. The van der Waals surface area contributed by atoms with Crippen LogP contribution in [0.3, 0.4) is 0 Å². The number of methoxy groups -OCH3 is 3. The summed E-state index contributed by atoms with van der Waals surface area (Å²) < 4.78 is 47.7. The number of nitrogens with zero attached hydrogens (tertiary/aromatic N) is 6. The first-order valence-corrected chi connectivity index (χ1v) is 17.7. The molecule has 0 aliphatic heterocycles. The standard InChI is InChI=1S/C38H36N8O5S/c1-49-28-16-10-25(11-17-28)22-45(23-26-12-18-29(50-2)19-13-26)52(47,48)34-9-5-6-31(32-7-4-8-33-36(32)41-38(39)40-33)35(34)37-42-44-46(43-37)24-27-14-20-30(51-3)21-15-27/h4-21H,22-24H2,1-3H3,(H3,39,40,41). The van der Waals surface area contributed by atoms with Gasteiger partial charge < -0.3 is 24.9 Å². The molecule has 2 heterocycles. The summed E-state index contributed by atoms with van der Waals surface area (Å²) in [6, 6.07) is 32.8. The highest BCUT2D eigenvalue weighted by atomic mass is 32.2. The number of nitrogen functional groups attached to an aromatic ring is 1. The third-order valence-electron chi connectivity index (χ3n) is 8.66. The number of hydrogen-bond acceptors (Lipinski definition) is 10. The van der Waals surface area contributed by atoms with Gasteiger partial charge in [0.05, 0.1) is 49.4 Å². The number of anilines is 1. The third kappa shape index (κ3) is 7.02. The summed E-state index contributed by atoms with van der Waals surface area (Å²) in [5.41, 5.74) is 11.3. The average molecular weight is 717 g/mol. The molecule has 0 aliphatic rings. The molecule has 0 spiro atoms. The summed E-state index contributed by atoms with van der Waals surface area (Å²) in [5, 5.41) is 13.5. The molecule has 0 atom stereocenters. The van der Waals surface area contributed by atoms with Crippen molar-refractivity contribution in [3.8, 4) is 39.8 Å². The van der Waals surface area contributed by atoms with Crippen LogP contribution < -0.4 is 19.9 Å². The van der Waals surface area contributed by atoms with Crippen molar-refractivity contribution in [3.05, 3.63) is 126 Å². The number of imidazole rings is 1. The van der Waals surface area contributed by atoms with E-state index in [1.165, 1.54) is 9.10 Å². The van der Waals surface area contributed by atoms with Gasteiger partial charge in [-0.2, -0.15) is 9.10 Å². The molecular formula is C38H36N8O5S. The highest BCUT2D eigenvalue weighted by Crippen LogP contribution is 2.40. The van der Waals surface area contributed by atoms with Gasteiger partial charge in [0.1, 0.15) is 17.2 Å². The maximum atomic E-state index is 15.1. The third-order valence-corrected chi connectivity index (χ3v) is 10.5. The molecule has 0 saturated carbocycles. The molecular weight excluding hydrogens is 681 g/mol. The number of hydrogen-bond donors (Lipinski definition) is 2. The Morgan fingerprint density at radius 1 is 0.712 bits per heavy atom. The Bertz CT molecular complexity index is 2380. The second-order valence-corrected chi connectivity index (χ2v) is 13.9. The second-order valence-electron chi connectivity index (χ2n) is 12.0. The van der Waals surface area contributed by atoms with E-state index in [1.54, 1.807) is 57.7 Å². The van der Waals surface area contributed by atoms with Crippen LogP contribution in [0.2, 0.25) is 0 Å². The molecule has 13 nitrogen and oxygen atoms in total. The zero-order valence-corrected chi connectivity index (χ0v) is 29.5. The minimum atomic E-state index is -4.26. The Morgan fingerprint density at radius 3 is 1.83 bits per heavy atom. The van der Waals surface area contributed by atoms with Gasteiger partial charge >= 0.3 is 0 Å². The molecule has 52 heavy (non-hydrogen) atoms. The van der Waals surface area contributed by atoms with Crippen LogP contribution in [0.5, 0.6) is 17.2 Å². The van der Waals surface area contributed by atoms with Crippen molar-refractivity contribution in [3.63, 3.8) is 0 Å². The molecule has 0 saturated heterocycles. The second kappa shape index (κ2) is 14.5. The van der Waals surface area contributed by atoms with Crippen LogP contribution in [-0.4, -0.2) is 64.2 Å². The summed E-state index contributed by atoms with van der Waals surface area (Å²) in [4.78, 5) is 9.05.